The quantitative estimate of drug-likeness (QED) is 0.580. The van der Waals surface area contributed by atoms with Gasteiger partial charge in [-0.05, 0) is 25.1 Å². The molecule has 0 fully saturated rings. The van der Waals surface area contributed by atoms with Gasteiger partial charge in [0.2, 0.25) is 0 Å². The molecule has 0 spiro atoms. The molecule has 0 unspecified atom stereocenters. The van der Waals surface area contributed by atoms with Crippen LogP contribution in [0.3, 0.4) is 0 Å². The van der Waals surface area contributed by atoms with Crippen LogP contribution >= 0.6 is 0 Å². The zero-order valence-electron chi connectivity index (χ0n) is 15.0. The molecule has 1 amide bonds. The maximum Gasteiger partial charge on any atom is 0.289 e. The summed E-state index contributed by atoms with van der Waals surface area (Å²) in [7, 11) is 3.11. The zero-order valence-corrected chi connectivity index (χ0v) is 15.0. The number of nitrogens with one attached hydrogen (secondary N) is 1. The van der Waals surface area contributed by atoms with E-state index in [1.165, 1.54) is 6.20 Å². The molecule has 0 aliphatic rings. The molecule has 1 aromatic carbocycles. The summed E-state index contributed by atoms with van der Waals surface area (Å²) >= 11 is 0. The Morgan fingerprint density at radius 2 is 1.96 bits per heavy atom. The largest absolute Gasteiger partial charge is 0.497 e. The molecule has 0 atom stereocenters. The number of hydrazone groups is 1. The van der Waals surface area contributed by atoms with Gasteiger partial charge in [-0.2, -0.15) is 5.10 Å². The minimum absolute atomic E-state index is 0.0400. The lowest BCUT2D eigenvalue weighted by Gasteiger charge is -2.10. The number of hydrogen-bond acceptors (Lipinski definition) is 6. The van der Waals surface area contributed by atoms with Crippen LogP contribution in [0, 0.1) is 0 Å². The molecule has 0 saturated carbocycles. The van der Waals surface area contributed by atoms with Gasteiger partial charge in [-0.25, -0.2) is 5.43 Å². The van der Waals surface area contributed by atoms with Crippen LogP contribution in [0.15, 0.2) is 47.7 Å². The molecule has 0 saturated heterocycles. The Morgan fingerprint density at radius 3 is 2.62 bits per heavy atom. The van der Waals surface area contributed by atoms with E-state index in [2.05, 4.69) is 15.5 Å². The maximum absolute atomic E-state index is 12.3. The van der Waals surface area contributed by atoms with Crippen molar-refractivity contribution in [2.75, 3.05) is 14.2 Å². The Bertz CT molecular complexity index is 804. The van der Waals surface area contributed by atoms with Gasteiger partial charge in [0.05, 0.1) is 14.2 Å². The normalized spacial score (nSPS) is 11.0. The first-order valence-electron chi connectivity index (χ1n) is 8.00. The Morgan fingerprint density at radius 1 is 1.15 bits per heavy atom. The number of pyridine rings is 1. The van der Waals surface area contributed by atoms with Crippen molar-refractivity contribution in [1.82, 2.24) is 10.4 Å². The van der Waals surface area contributed by atoms with Crippen LogP contribution in [0.1, 0.15) is 29.4 Å². The number of aromatic nitrogens is 1. The number of benzene rings is 1. The van der Waals surface area contributed by atoms with Crippen LogP contribution in [-0.4, -0.2) is 36.6 Å². The summed E-state index contributed by atoms with van der Waals surface area (Å²) in [5.41, 5.74) is 3.93. The number of methoxy groups -OCH3 is 2. The van der Waals surface area contributed by atoms with Crippen LogP contribution in [-0.2, 0) is 11.2 Å². The molecule has 2 rings (SSSR count). The summed E-state index contributed by atoms with van der Waals surface area (Å²) in [5, 5.41) is 3.96. The zero-order chi connectivity index (χ0) is 18.9. The molecule has 1 heterocycles. The Labute approximate surface area is 152 Å². The molecule has 0 bridgehead atoms. The molecule has 0 radical (unpaired) electrons. The number of carbonyl (C=O) groups excluding carboxylic acids is 2. The Kier molecular flexibility index (Phi) is 6.84. The second-order valence-electron chi connectivity index (χ2n) is 5.57. The topological polar surface area (TPSA) is 89.9 Å². The predicted octanol–water partition coefficient (Wildman–Crippen LogP) is 2.41. The van der Waals surface area contributed by atoms with Crippen molar-refractivity contribution in [1.29, 1.82) is 0 Å². The maximum atomic E-state index is 12.3. The Balaban J connectivity index is 1.93. The molecule has 2 aromatic rings. The van der Waals surface area contributed by atoms with Crippen molar-refractivity contribution in [2.24, 2.45) is 5.10 Å². The van der Waals surface area contributed by atoms with E-state index >= 15 is 0 Å². The standard InChI is InChI=1S/C19H21N3O4/c1-13(21-22-19(24)17-6-4-5-9-20-17)10-15(23)11-14-7-8-16(25-2)12-18(14)26-3/h4-9,12H,10-11H2,1-3H3,(H,22,24)/b21-13+. The number of carbonyl (C=O) groups is 2. The highest BCUT2D eigenvalue weighted by Crippen LogP contribution is 2.25. The van der Waals surface area contributed by atoms with E-state index in [1.54, 1.807) is 57.5 Å². The highest BCUT2D eigenvalue weighted by molar-refractivity contribution is 6.02. The summed E-state index contributed by atoms with van der Waals surface area (Å²) in [6.07, 6.45) is 1.85. The fourth-order valence-electron chi connectivity index (χ4n) is 2.30. The van der Waals surface area contributed by atoms with E-state index in [-0.39, 0.29) is 24.3 Å². The van der Waals surface area contributed by atoms with E-state index in [0.29, 0.717) is 17.2 Å². The van der Waals surface area contributed by atoms with E-state index in [9.17, 15) is 9.59 Å². The molecule has 136 valence electrons. The number of ether oxygens (including phenoxy) is 2. The van der Waals surface area contributed by atoms with Crippen LogP contribution in [0.25, 0.3) is 0 Å². The Hall–Kier alpha value is -3.22. The van der Waals surface area contributed by atoms with Crippen LogP contribution < -0.4 is 14.9 Å². The summed E-state index contributed by atoms with van der Waals surface area (Å²) in [6.45, 7) is 1.68. The van der Waals surface area contributed by atoms with Crippen molar-refractivity contribution >= 4 is 17.4 Å². The van der Waals surface area contributed by atoms with Gasteiger partial charge >= 0.3 is 0 Å². The molecule has 0 aliphatic heterocycles. The summed E-state index contributed by atoms with van der Waals surface area (Å²) in [6, 6.07) is 10.3. The fourth-order valence-corrected chi connectivity index (χ4v) is 2.30. The van der Waals surface area contributed by atoms with Gasteiger partial charge in [0.15, 0.2) is 0 Å². The van der Waals surface area contributed by atoms with Gasteiger partial charge in [-0.3, -0.25) is 14.6 Å². The summed E-state index contributed by atoms with van der Waals surface area (Å²) in [4.78, 5) is 28.1. The highest BCUT2D eigenvalue weighted by atomic mass is 16.5. The van der Waals surface area contributed by atoms with Gasteiger partial charge in [0, 0.05) is 36.4 Å². The molecule has 7 heteroatoms. The first-order chi connectivity index (χ1) is 12.5. The first kappa shape index (κ1) is 19.1. The summed E-state index contributed by atoms with van der Waals surface area (Å²) in [5.74, 6) is 0.791. The van der Waals surface area contributed by atoms with Crippen LogP contribution in [0.4, 0.5) is 0 Å². The summed E-state index contributed by atoms with van der Waals surface area (Å²) < 4.78 is 10.4. The van der Waals surface area contributed by atoms with E-state index in [0.717, 1.165) is 5.56 Å². The van der Waals surface area contributed by atoms with E-state index in [4.69, 9.17) is 9.47 Å². The smallest absolute Gasteiger partial charge is 0.289 e. The lowest BCUT2D eigenvalue weighted by molar-refractivity contribution is -0.117. The second-order valence-corrected chi connectivity index (χ2v) is 5.57. The van der Waals surface area contributed by atoms with Gasteiger partial charge in [0.25, 0.3) is 5.91 Å². The van der Waals surface area contributed by atoms with Crippen molar-refractivity contribution in [3.8, 4) is 11.5 Å². The number of ketones is 1. The first-order valence-corrected chi connectivity index (χ1v) is 8.00. The molecular formula is C19H21N3O4. The van der Waals surface area contributed by atoms with Crippen LogP contribution in [0.5, 0.6) is 11.5 Å². The van der Waals surface area contributed by atoms with Gasteiger partial charge < -0.3 is 9.47 Å². The third kappa shape index (κ3) is 5.41. The molecule has 0 aliphatic carbocycles. The molecule has 1 aromatic heterocycles. The minimum Gasteiger partial charge on any atom is -0.497 e. The lowest BCUT2D eigenvalue weighted by Crippen LogP contribution is -2.21. The van der Waals surface area contributed by atoms with E-state index < -0.39 is 5.91 Å². The number of nitrogens with zero attached hydrogens (tertiary/aromatic N) is 2. The van der Waals surface area contributed by atoms with E-state index in [1.807, 2.05) is 0 Å². The monoisotopic (exact) mass is 355 g/mol. The SMILES string of the molecule is COc1ccc(CC(=O)C/C(C)=N/NC(=O)c2ccccn2)c(OC)c1. The molecular weight excluding hydrogens is 334 g/mol. The molecule has 1 N–H and O–H groups in total. The number of Topliss-reactive ketones (excluding diaryl/α,β-unsaturated/α-hetero) is 1. The average Bonchev–Trinajstić information content (AvgIpc) is 2.67. The third-order valence-electron chi connectivity index (χ3n) is 3.58. The lowest BCUT2D eigenvalue weighted by atomic mass is 10.0. The predicted molar refractivity (Wildman–Crippen MR) is 97.7 cm³/mol. The molecule has 7 nitrogen and oxygen atoms in total. The number of amides is 1. The van der Waals surface area contributed by atoms with Crippen molar-refractivity contribution in [2.45, 2.75) is 19.8 Å². The average molecular weight is 355 g/mol. The molecule has 26 heavy (non-hydrogen) atoms. The minimum atomic E-state index is -0.422. The van der Waals surface area contributed by atoms with Gasteiger partial charge in [0.1, 0.15) is 23.0 Å². The van der Waals surface area contributed by atoms with Crippen molar-refractivity contribution in [3.05, 3.63) is 53.9 Å². The number of rotatable bonds is 8. The second kappa shape index (κ2) is 9.31. The fraction of sp³-hybridized carbons (Fsp3) is 0.263. The van der Waals surface area contributed by atoms with Gasteiger partial charge in [-0.15, -0.1) is 0 Å². The highest BCUT2D eigenvalue weighted by Gasteiger charge is 2.12. The number of hydrogen-bond donors (Lipinski definition) is 1. The van der Waals surface area contributed by atoms with Crippen molar-refractivity contribution in [3.63, 3.8) is 0 Å². The third-order valence-corrected chi connectivity index (χ3v) is 3.58. The van der Waals surface area contributed by atoms with Gasteiger partial charge in [-0.1, -0.05) is 12.1 Å². The van der Waals surface area contributed by atoms with Crippen LogP contribution in [0.2, 0.25) is 0 Å². The van der Waals surface area contributed by atoms with Crippen molar-refractivity contribution < 1.29 is 19.1 Å².